The van der Waals surface area contributed by atoms with Crippen LogP contribution >= 0.6 is 15.9 Å². The maximum absolute atomic E-state index is 13.5. The lowest BCUT2D eigenvalue weighted by Gasteiger charge is -2.11. The molecule has 0 bridgehead atoms. The first kappa shape index (κ1) is 13.7. The molecule has 0 radical (unpaired) electrons. The van der Waals surface area contributed by atoms with Gasteiger partial charge in [0.05, 0.1) is 10.0 Å². The van der Waals surface area contributed by atoms with Crippen LogP contribution in [0.25, 0.3) is 0 Å². The molecule has 0 fully saturated rings. The highest BCUT2D eigenvalue weighted by atomic mass is 79.9. The summed E-state index contributed by atoms with van der Waals surface area (Å²) in [6.07, 6.45) is 0.641. The molecule has 5 heteroatoms. The largest absolute Gasteiger partial charge is 0.487 e. The number of hydrogen-bond acceptors (Lipinski definition) is 2. The predicted molar refractivity (Wildman–Crippen MR) is 70.2 cm³/mol. The van der Waals surface area contributed by atoms with E-state index in [9.17, 15) is 13.6 Å². The summed E-state index contributed by atoms with van der Waals surface area (Å²) in [5.41, 5.74) is 0.429. The average molecular weight is 327 g/mol. The molecule has 0 aliphatic carbocycles. The Hall–Kier alpha value is -1.75. The van der Waals surface area contributed by atoms with E-state index in [1.807, 2.05) is 0 Å². The lowest BCUT2D eigenvalue weighted by Crippen LogP contribution is -2.02. The molecule has 0 atom stereocenters. The van der Waals surface area contributed by atoms with Gasteiger partial charge in [-0.25, -0.2) is 8.78 Å². The Morgan fingerprint density at radius 2 is 1.89 bits per heavy atom. The van der Waals surface area contributed by atoms with Crippen molar-refractivity contribution in [1.29, 1.82) is 0 Å². The van der Waals surface area contributed by atoms with Gasteiger partial charge in [-0.05, 0) is 34.1 Å². The molecule has 19 heavy (non-hydrogen) atoms. The van der Waals surface area contributed by atoms with Crippen molar-refractivity contribution in [3.8, 4) is 5.75 Å². The van der Waals surface area contributed by atoms with Gasteiger partial charge in [-0.2, -0.15) is 0 Å². The van der Waals surface area contributed by atoms with Crippen molar-refractivity contribution in [3.63, 3.8) is 0 Å². The van der Waals surface area contributed by atoms with Crippen LogP contribution in [0, 0.1) is 11.6 Å². The highest BCUT2D eigenvalue weighted by molar-refractivity contribution is 9.10. The smallest absolute Gasteiger partial charge is 0.165 e. The highest BCUT2D eigenvalue weighted by Gasteiger charge is 2.11. The molecule has 2 rings (SSSR count). The van der Waals surface area contributed by atoms with Crippen LogP contribution in [0.15, 0.2) is 40.9 Å². The van der Waals surface area contributed by atoms with E-state index in [0.717, 1.165) is 6.07 Å². The van der Waals surface area contributed by atoms with Gasteiger partial charge in [0.25, 0.3) is 0 Å². The number of hydrogen-bond donors (Lipinski definition) is 0. The molecule has 0 saturated carbocycles. The lowest BCUT2D eigenvalue weighted by atomic mass is 10.2. The van der Waals surface area contributed by atoms with Crippen molar-refractivity contribution in [1.82, 2.24) is 0 Å². The Labute approximate surface area is 117 Å². The lowest BCUT2D eigenvalue weighted by molar-refractivity contribution is 0.111. The van der Waals surface area contributed by atoms with Crippen LogP contribution in [-0.2, 0) is 6.61 Å². The first-order valence-corrected chi connectivity index (χ1v) is 6.22. The molecule has 0 aromatic heterocycles. The van der Waals surface area contributed by atoms with Crippen LogP contribution in [0.2, 0.25) is 0 Å². The number of carbonyl (C=O) groups is 1. The molecule has 0 amide bonds. The molecule has 2 aromatic rings. The summed E-state index contributed by atoms with van der Waals surface area (Å²) in [5, 5.41) is 0. The fraction of sp³-hybridized carbons (Fsp3) is 0.0714. The van der Waals surface area contributed by atoms with Gasteiger partial charge in [0, 0.05) is 5.56 Å². The number of ether oxygens (including phenoxy) is 1. The van der Waals surface area contributed by atoms with E-state index in [0.29, 0.717) is 22.1 Å². The van der Waals surface area contributed by atoms with Gasteiger partial charge in [-0.3, -0.25) is 4.79 Å². The molecular weight excluding hydrogens is 318 g/mol. The molecule has 0 heterocycles. The SMILES string of the molecule is O=Cc1cccc(Br)c1OCc1cccc(F)c1F. The number of halogens is 3. The molecule has 0 N–H and O–H groups in total. The first-order chi connectivity index (χ1) is 9.13. The second-order valence-electron chi connectivity index (χ2n) is 3.78. The predicted octanol–water partition coefficient (Wildman–Crippen LogP) is 4.12. The number of carbonyl (C=O) groups excluding carboxylic acids is 1. The third-order valence-corrected chi connectivity index (χ3v) is 3.15. The molecule has 0 spiro atoms. The summed E-state index contributed by atoms with van der Waals surface area (Å²) in [7, 11) is 0. The minimum absolute atomic E-state index is 0.0904. The first-order valence-electron chi connectivity index (χ1n) is 5.43. The Bertz CT molecular complexity index is 614. The number of rotatable bonds is 4. The van der Waals surface area contributed by atoms with Crippen LogP contribution in [0.3, 0.4) is 0 Å². The van der Waals surface area contributed by atoms with Gasteiger partial charge < -0.3 is 4.74 Å². The molecule has 98 valence electrons. The summed E-state index contributed by atoms with van der Waals surface area (Å²) >= 11 is 3.24. The van der Waals surface area contributed by atoms with E-state index in [1.165, 1.54) is 12.1 Å². The van der Waals surface area contributed by atoms with Gasteiger partial charge in [0.2, 0.25) is 0 Å². The molecule has 0 aliphatic heterocycles. The summed E-state index contributed by atoms with van der Waals surface area (Å²) < 4.78 is 32.5. The van der Waals surface area contributed by atoms with Gasteiger partial charge in [-0.15, -0.1) is 0 Å². The molecule has 2 aromatic carbocycles. The molecule has 0 unspecified atom stereocenters. The molecule has 0 aliphatic rings. The monoisotopic (exact) mass is 326 g/mol. The Kier molecular flexibility index (Phi) is 4.27. The van der Waals surface area contributed by atoms with Gasteiger partial charge in [0.15, 0.2) is 17.9 Å². The van der Waals surface area contributed by atoms with Crippen LogP contribution in [0.4, 0.5) is 8.78 Å². The Balaban J connectivity index is 2.24. The van der Waals surface area contributed by atoms with Gasteiger partial charge >= 0.3 is 0 Å². The second kappa shape index (κ2) is 5.93. The molecular formula is C14H9BrF2O2. The third-order valence-electron chi connectivity index (χ3n) is 2.53. The fourth-order valence-corrected chi connectivity index (χ4v) is 2.08. The van der Waals surface area contributed by atoms with Crippen LogP contribution < -0.4 is 4.74 Å². The van der Waals surface area contributed by atoms with Gasteiger partial charge in [-0.1, -0.05) is 18.2 Å². The quantitative estimate of drug-likeness (QED) is 0.790. The van der Waals surface area contributed by atoms with Gasteiger partial charge in [0.1, 0.15) is 12.4 Å². The summed E-state index contributed by atoms with van der Waals surface area (Å²) in [5.74, 6) is -1.56. The van der Waals surface area contributed by atoms with Crippen LogP contribution in [0.1, 0.15) is 15.9 Å². The van der Waals surface area contributed by atoms with E-state index in [1.54, 1.807) is 18.2 Å². The second-order valence-corrected chi connectivity index (χ2v) is 4.63. The van der Waals surface area contributed by atoms with E-state index in [4.69, 9.17) is 4.74 Å². The average Bonchev–Trinajstić information content (AvgIpc) is 2.41. The summed E-state index contributed by atoms with van der Waals surface area (Å²) in [6, 6.07) is 8.82. The van der Waals surface area contributed by atoms with E-state index in [-0.39, 0.29) is 12.2 Å². The van der Waals surface area contributed by atoms with E-state index >= 15 is 0 Å². The van der Waals surface area contributed by atoms with Crippen molar-refractivity contribution in [2.45, 2.75) is 6.61 Å². The zero-order valence-corrected chi connectivity index (χ0v) is 11.3. The Morgan fingerprint density at radius 1 is 1.16 bits per heavy atom. The topological polar surface area (TPSA) is 26.3 Å². The minimum Gasteiger partial charge on any atom is -0.487 e. The van der Waals surface area contributed by atoms with Crippen molar-refractivity contribution < 1.29 is 18.3 Å². The van der Waals surface area contributed by atoms with Crippen molar-refractivity contribution in [2.75, 3.05) is 0 Å². The van der Waals surface area contributed by atoms with Crippen LogP contribution in [0.5, 0.6) is 5.75 Å². The van der Waals surface area contributed by atoms with Crippen LogP contribution in [-0.4, -0.2) is 6.29 Å². The fourth-order valence-electron chi connectivity index (χ4n) is 1.58. The maximum Gasteiger partial charge on any atom is 0.165 e. The number of para-hydroxylation sites is 1. The zero-order valence-electron chi connectivity index (χ0n) is 9.70. The van der Waals surface area contributed by atoms with Crippen molar-refractivity contribution >= 4 is 22.2 Å². The van der Waals surface area contributed by atoms with E-state index < -0.39 is 11.6 Å². The molecule has 2 nitrogen and oxygen atoms in total. The van der Waals surface area contributed by atoms with Crippen molar-refractivity contribution in [2.24, 2.45) is 0 Å². The number of aldehydes is 1. The van der Waals surface area contributed by atoms with E-state index in [2.05, 4.69) is 15.9 Å². The van der Waals surface area contributed by atoms with Crippen molar-refractivity contribution in [3.05, 3.63) is 63.6 Å². The minimum atomic E-state index is -0.942. The third kappa shape index (κ3) is 2.98. The Morgan fingerprint density at radius 3 is 2.63 bits per heavy atom. The summed E-state index contributed by atoms with van der Waals surface area (Å²) in [4.78, 5) is 10.9. The number of benzene rings is 2. The standard InChI is InChI=1S/C14H9BrF2O2/c15-11-5-1-3-9(7-18)14(11)19-8-10-4-2-6-12(16)13(10)17/h1-7H,8H2. The zero-order chi connectivity index (χ0) is 13.8. The maximum atomic E-state index is 13.5. The highest BCUT2D eigenvalue weighted by Crippen LogP contribution is 2.29. The normalized spacial score (nSPS) is 10.3. The molecule has 0 saturated heterocycles. The summed E-state index contributed by atoms with van der Waals surface area (Å²) in [6.45, 7) is -0.160.